The van der Waals surface area contributed by atoms with Crippen molar-refractivity contribution in [2.75, 3.05) is 11.9 Å². The number of aromatic nitrogens is 2. The number of nitrogens with one attached hydrogen (secondary N) is 1. The molecule has 9 nitrogen and oxygen atoms in total. The topological polar surface area (TPSA) is 126 Å². The Morgan fingerprint density at radius 2 is 2.21 bits per heavy atom. The molecule has 1 aromatic heterocycles. The van der Waals surface area contributed by atoms with E-state index in [1.165, 1.54) is 6.07 Å². The van der Waals surface area contributed by atoms with Crippen LogP contribution in [0.1, 0.15) is 38.3 Å². The van der Waals surface area contributed by atoms with Gasteiger partial charge in [0.15, 0.2) is 6.10 Å². The highest BCUT2D eigenvalue weighted by Crippen LogP contribution is 2.41. The fourth-order valence-corrected chi connectivity index (χ4v) is 3.36. The van der Waals surface area contributed by atoms with Gasteiger partial charge in [-0.2, -0.15) is 13.8 Å². The Morgan fingerprint density at radius 3 is 2.90 bits per heavy atom. The Balaban J connectivity index is 1.66. The number of rotatable bonds is 6. The molecular formula is C18H25F2N3O6. The monoisotopic (exact) mass is 417 g/mol. The van der Waals surface area contributed by atoms with Gasteiger partial charge >= 0.3 is 11.6 Å². The van der Waals surface area contributed by atoms with E-state index in [4.69, 9.17) is 14.6 Å². The van der Waals surface area contributed by atoms with Crippen molar-refractivity contribution in [1.29, 1.82) is 0 Å². The number of hydrogen-bond acceptors (Lipinski definition) is 8. The highest BCUT2D eigenvalue weighted by atomic mass is 19.3. The van der Waals surface area contributed by atoms with Gasteiger partial charge in [-0.1, -0.05) is 25.0 Å². The van der Waals surface area contributed by atoms with E-state index < -0.39 is 43.1 Å². The van der Waals surface area contributed by atoms with Crippen molar-refractivity contribution in [3.63, 3.8) is 0 Å². The van der Waals surface area contributed by atoms with Crippen LogP contribution in [0.25, 0.3) is 0 Å². The maximum atomic E-state index is 14.2. The molecule has 1 fully saturated rings. The zero-order chi connectivity index (χ0) is 21.0. The van der Waals surface area contributed by atoms with Crippen LogP contribution < -0.4 is 11.0 Å². The molecule has 1 aliphatic carbocycles. The molecule has 162 valence electrons. The Labute approximate surface area is 165 Å². The van der Waals surface area contributed by atoms with E-state index in [1.54, 1.807) is 0 Å². The molecule has 0 aromatic carbocycles. The lowest BCUT2D eigenvalue weighted by molar-refractivity contribution is -0.141. The van der Waals surface area contributed by atoms with Crippen LogP contribution in [0.3, 0.4) is 0 Å². The number of hydrogen-bond donors (Lipinski definition) is 4. The average Bonchev–Trinajstić information content (AvgIpc) is 2.87. The summed E-state index contributed by atoms with van der Waals surface area (Å²) in [5.41, 5.74) is -1.08. The van der Waals surface area contributed by atoms with Crippen LogP contribution in [0.5, 0.6) is 0 Å². The van der Waals surface area contributed by atoms with Crippen molar-refractivity contribution < 1.29 is 33.6 Å². The predicted octanol–water partition coefficient (Wildman–Crippen LogP) is 0.722. The molecule has 5 atom stereocenters. The number of halogens is 2. The maximum Gasteiger partial charge on any atom is 0.351 e. The van der Waals surface area contributed by atoms with E-state index in [2.05, 4.69) is 10.3 Å². The first kappa shape index (κ1) is 21.8. The van der Waals surface area contributed by atoms with E-state index in [9.17, 15) is 23.8 Å². The Hall–Kier alpha value is -1.92. The minimum atomic E-state index is -3.79. The van der Waals surface area contributed by atoms with Gasteiger partial charge in [-0.15, -0.1) is 0 Å². The number of alkyl halides is 2. The second-order valence-electron chi connectivity index (χ2n) is 7.07. The number of ether oxygens (including phenoxy) is 2. The lowest BCUT2D eigenvalue weighted by Crippen LogP contribution is -2.42. The quantitative estimate of drug-likeness (QED) is 0.394. The van der Waals surface area contributed by atoms with E-state index >= 15 is 0 Å². The molecule has 2 heterocycles. The first-order valence-corrected chi connectivity index (χ1v) is 9.51. The average molecular weight is 417 g/mol. The number of allylic oxidation sites excluding steroid dienone is 1. The van der Waals surface area contributed by atoms with Crippen LogP contribution in [0, 0.1) is 0 Å². The smallest absolute Gasteiger partial charge is 0.351 e. The van der Waals surface area contributed by atoms with Gasteiger partial charge in [0, 0.05) is 6.20 Å². The van der Waals surface area contributed by atoms with Crippen LogP contribution in [-0.2, 0) is 9.47 Å². The van der Waals surface area contributed by atoms with E-state index in [0.717, 1.165) is 38.3 Å². The van der Waals surface area contributed by atoms with Crippen LogP contribution >= 0.6 is 0 Å². The highest BCUT2D eigenvalue weighted by Gasteiger charge is 2.59. The molecule has 29 heavy (non-hydrogen) atoms. The van der Waals surface area contributed by atoms with Crippen LogP contribution in [0.15, 0.2) is 29.2 Å². The zero-order valence-corrected chi connectivity index (χ0v) is 15.7. The molecule has 2 aliphatic rings. The largest absolute Gasteiger partial charge is 0.394 e. The summed E-state index contributed by atoms with van der Waals surface area (Å²) < 4.78 is 39.3. The normalized spacial score (nSPS) is 31.6. The number of anilines is 1. The van der Waals surface area contributed by atoms with Gasteiger partial charge in [0.05, 0.1) is 12.7 Å². The summed E-state index contributed by atoms with van der Waals surface area (Å²) in [6.07, 6.45) is 2.09. The second-order valence-corrected chi connectivity index (χ2v) is 7.07. The molecule has 2 unspecified atom stereocenters. The molecule has 0 spiro atoms. The lowest BCUT2D eigenvalue weighted by Gasteiger charge is -2.22. The number of nitrogens with zero attached hydrogens (tertiary/aromatic N) is 2. The van der Waals surface area contributed by atoms with Gasteiger partial charge in [0.1, 0.15) is 11.9 Å². The summed E-state index contributed by atoms with van der Waals surface area (Å²) >= 11 is 0. The molecule has 0 saturated carbocycles. The van der Waals surface area contributed by atoms with Crippen molar-refractivity contribution in [2.24, 2.45) is 0 Å². The minimum absolute atomic E-state index is 0.0749. The summed E-state index contributed by atoms with van der Waals surface area (Å²) in [7, 11) is 0. The number of aliphatic hydroxyl groups is 3. The van der Waals surface area contributed by atoms with Crippen LogP contribution in [0.4, 0.5) is 14.6 Å². The molecule has 0 bridgehead atoms. The van der Waals surface area contributed by atoms with Crippen molar-refractivity contribution in [3.8, 4) is 0 Å². The minimum Gasteiger partial charge on any atom is -0.394 e. The summed E-state index contributed by atoms with van der Waals surface area (Å²) in [5.74, 6) is -3.87. The number of aliphatic hydroxyl groups excluding tert-OH is 3. The Bertz CT molecular complexity index is 774. The second kappa shape index (κ2) is 9.26. The fraction of sp³-hybridized carbons (Fsp3) is 0.667. The van der Waals surface area contributed by atoms with Crippen LogP contribution in [0.2, 0.25) is 0 Å². The van der Waals surface area contributed by atoms with Gasteiger partial charge in [0.25, 0.3) is 0 Å². The van der Waals surface area contributed by atoms with E-state index in [1.807, 2.05) is 12.2 Å². The van der Waals surface area contributed by atoms with Gasteiger partial charge in [0.2, 0.25) is 12.6 Å². The standard InChI is InChI=1S/C18H25F2N3O6/c19-18(20)14(25)12(10-24)29-15(18)23-9-8-13(21-16(23)26)22-17(27)28-11-6-4-2-1-3-5-7-11/h4,6,8-9,11-12,14-15,17,24-25,27H,1-3,5,7,10H2,(H,21,22,26)/b6-4+/t11?,12-,14+,15-,17?/m1/s1. The van der Waals surface area contributed by atoms with Crippen molar-refractivity contribution in [1.82, 2.24) is 9.55 Å². The molecule has 0 amide bonds. The molecular weight excluding hydrogens is 392 g/mol. The molecule has 4 N–H and O–H groups in total. The molecule has 3 rings (SSSR count). The molecule has 1 aliphatic heterocycles. The van der Waals surface area contributed by atoms with Crippen LogP contribution in [-0.4, -0.2) is 62.1 Å². The van der Waals surface area contributed by atoms with Crippen molar-refractivity contribution in [3.05, 3.63) is 34.9 Å². The third-order valence-corrected chi connectivity index (χ3v) is 4.93. The van der Waals surface area contributed by atoms with E-state index in [-0.39, 0.29) is 11.9 Å². The van der Waals surface area contributed by atoms with Gasteiger partial charge in [-0.3, -0.25) is 4.57 Å². The van der Waals surface area contributed by atoms with Crippen molar-refractivity contribution in [2.45, 2.75) is 69.0 Å². The molecule has 1 saturated heterocycles. The Morgan fingerprint density at radius 1 is 1.41 bits per heavy atom. The first-order chi connectivity index (χ1) is 13.8. The summed E-state index contributed by atoms with van der Waals surface area (Å²) in [6, 6.07) is 1.19. The Kier molecular flexibility index (Phi) is 6.96. The summed E-state index contributed by atoms with van der Waals surface area (Å²) in [4.78, 5) is 15.8. The van der Waals surface area contributed by atoms with Gasteiger partial charge in [-0.05, 0) is 25.3 Å². The molecule has 1 aromatic rings. The molecule has 0 radical (unpaired) electrons. The molecule has 11 heteroatoms. The predicted molar refractivity (Wildman–Crippen MR) is 97.2 cm³/mol. The maximum absolute atomic E-state index is 14.2. The van der Waals surface area contributed by atoms with Crippen molar-refractivity contribution >= 4 is 5.82 Å². The highest BCUT2D eigenvalue weighted by molar-refractivity contribution is 5.32. The first-order valence-electron chi connectivity index (χ1n) is 9.51. The lowest BCUT2D eigenvalue weighted by atomic mass is 10.0. The van der Waals surface area contributed by atoms with Gasteiger partial charge in [-0.25, -0.2) is 4.79 Å². The summed E-state index contributed by atoms with van der Waals surface area (Å²) in [6.45, 7) is -0.825. The van der Waals surface area contributed by atoms with E-state index in [0.29, 0.717) is 4.57 Å². The SMILES string of the molecule is O=c1nc(NC(O)OC2/C=C/CCCCC2)ccn1[C@@H]1O[C@H](CO)[C@H](O)C1(F)F. The van der Waals surface area contributed by atoms with Gasteiger partial charge < -0.3 is 30.1 Å². The fourth-order valence-electron chi connectivity index (χ4n) is 3.36. The third kappa shape index (κ3) is 4.98. The third-order valence-electron chi connectivity index (χ3n) is 4.93. The zero-order valence-electron chi connectivity index (χ0n) is 15.7. The summed E-state index contributed by atoms with van der Waals surface area (Å²) in [5, 5.41) is 31.1.